The maximum Gasteiger partial charge on any atom is 0.416 e. The van der Waals surface area contributed by atoms with Gasteiger partial charge in [-0.05, 0) is 85.1 Å². The van der Waals surface area contributed by atoms with Crippen LogP contribution in [0.4, 0.5) is 18.9 Å². The number of alkyl halides is 3. The maximum absolute atomic E-state index is 13.2. The van der Waals surface area contributed by atoms with Gasteiger partial charge in [0, 0.05) is 30.2 Å². The molecule has 4 aromatic rings. The van der Waals surface area contributed by atoms with E-state index in [1.165, 1.54) is 18.2 Å². The molecular formula is C33H30ClF3N2O4. The van der Waals surface area contributed by atoms with Crippen LogP contribution < -0.4 is 15.0 Å². The molecule has 0 bridgehead atoms. The van der Waals surface area contributed by atoms with Crippen molar-refractivity contribution >= 4 is 29.2 Å². The number of anilines is 1. The predicted molar refractivity (Wildman–Crippen MR) is 161 cm³/mol. The van der Waals surface area contributed by atoms with Crippen molar-refractivity contribution in [1.29, 1.82) is 0 Å². The van der Waals surface area contributed by atoms with Crippen LogP contribution in [0.5, 0.6) is 11.5 Å². The lowest BCUT2D eigenvalue weighted by Crippen LogP contribution is -2.42. The summed E-state index contributed by atoms with van der Waals surface area (Å²) >= 11 is 6.16. The average Bonchev–Trinajstić information content (AvgIpc) is 2.98. The van der Waals surface area contributed by atoms with Gasteiger partial charge in [0.25, 0.3) is 5.91 Å². The number of amides is 1. The Hall–Kier alpha value is -4.50. The second kappa shape index (κ2) is 13.6. The van der Waals surface area contributed by atoms with Gasteiger partial charge in [0.2, 0.25) is 0 Å². The molecule has 0 aliphatic carbocycles. The molecule has 224 valence electrons. The second-order valence-electron chi connectivity index (χ2n) is 9.75. The van der Waals surface area contributed by atoms with Crippen LogP contribution in [0.2, 0.25) is 5.02 Å². The summed E-state index contributed by atoms with van der Waals surface area (Å²) in [6.45, 7) is 5.26. The van der Waals surface area contributed by atoms with Gasteiger partial charge >= 0.3 is 12.1 Å². The first-order valence-corrected chi connectivity index (χ1v) is 14.0. The molecule has 0 spiro atoms. The van der Waals surface area contributed by atoms with Gasteiger partial charge in [-0.25, -0.2) is 4.79 Å². The van der Waals surface area contributed by atoms with Gasteiger partial charge in [-0.15, -0.1) is 0 Å². The largest absolute Gasteiger partial charge is 0.480 e. The Morgan fingerprint density at radius 3 is 2.16 bits per heavy atom. The fraction of sp³-hybridized carbons (Fsp3) is 0.212. The minimum absolute atomic E-state index is 0.0552. The molecule has 2 N–H and O–H groups in total. The van der Waals surface area contributed by atoms with E-state index < -0.39 is 29.7 Å². The van der Waals surface area contributed by atoms with Crippen LogP contribution in [0, 0.1) is 0 Å². The predicted octanol–water partition coefficient (Wildman–Crippen LogP) is 8.09. The van der Waals surface area contributed by atoms with Crippen molar-refractivity contribution in [3.8, 4) is 22.6 Å². The number of carboxylic acid groups (broad SMARTS) is 1. The molecule has 0 saturated carbocycles. The third kappa shape index (κ3) is 8.08. The number of ether oxygens (including phenoxy) is 1. The van der Waals surface area contributed by atoms with E-state index in [2.05, 4.69) is 5.32 Å². The van der Waals surface area contributed by atoms with Crippen LogP contribution in [0.3, 0.4) is 0 Å². The Morgan fingerprint density at radius 1 is 0.884 bits per heavy atom. The Bertz CT molecular complexity index is 1570. The molecular weight excluding hydrogens is 581 g/mol. The van der Waals surface area contributed by atoms with Crippen molar-refractivity contribution in [3.63, 3.8) is 0 Å². The summed E-state index contributed by atoms with van der Waals surface area (Å²) in [7, 11) is 0. The molecule has 4 rings (SSSR count). The van der Waals surface area contributed by atoms with Crippen LogP contribution in [-0.2, 0) is 17.4 Å². The minimum atomic E-state index is -4.42. The van der Waals surface area contributed by atoms with E-state index >= 15 is 0 Å². The summed E-state index contributed by atoms with van der Waals surface area (Å²) in [4.78, 5) is 27.3. The number of carbonyl (C=O) groups excluding carboxylic acids is 1. The number of aliphatic carboxylic acids is 1. The average molecular weight is 611 g/mol. The van der Waals surface area contributed by atoms with Crippen molar-refractivity contribution in [2.24, 2.45) is 0 Å². The molecule has 43 heavy (non-hydrogen) atoms. The Labute approximate surface area is 252 Å². The van der Waals surface area contributed by atoms with Gasteiger partial charge < -0.3 is 20.1 Å². The number of hydrogen-bond acceptors (Lipinski definition) is 4. The molecule has 10 heteroatoms. The molecule has 0 aliphatic heterocycles. The zero-order valence-corrected chi connectivity index (χ0v) is 24.2. The van der Waals surface area contributed by atoms with Gasteiger partial charge in [-0.3, -0.25) is 4.79 Å². The normalized spacial score (nSPS) is 12.0. The van der Waals surface area contributed by atoms with Gasteiger partial charge in [0.1, 0.15) is 17.5 Å². The number of halogens is 4. The molecule has 6 nitrogen and oxygen atoms in total. The van der Waals surface area contributed by atoms with E-state index in [-0.39, 0.29) is 12.2 Å². The first kappa shape index (κ1) is 31.4. The molecule has 0 fully saturated rings. The highest BCUT2D eigenvalue weighted by Crippen LogP contribution is 2.32. The highest BCUT2D eigenvalue weighted by Gasteiger charge is 2.30. The standard InChI is InChI=1S/C33H30ClF3N2O4/c1-3-39(4-2)30-17-14-25(34)20-28(30)31(40)38-29(32(41)42)18-21-8-10-22(11-9-21)23-6-5-7-27(19-23)43-26-15-12-24(13-16-26)33(35,36)37/h5-17,19-20,29H,3-4,18H2,1-2H3,(H,38,40)(H,41,42)/t29-/m0/s1. The van der Waals surface area contributed by atoms with Crippen molar-refractivity contribution in [2.45, 2.75) is 32.5 Å². The second-order valence-corrected chi connectivity index (χ2v) is 10.2. The summed E-state index contributed by atoms with van der Waals surface area (Å²) in [5.74, 6) is -0.987. The van der Waals surface area contributed by atoms with Crippen molar-refractivity contribution < 1.29 is 32.6 Å². The molecule has 0 saturated heterocycles. The lowest BCUT2D eigenvalue weighted by molar-refractivity contribution is -0.139. The van der Waals surface area contributed by atoms with Gasteiger partial charge in [0.05, 0.1) is 11.1 Å². The molecule has 0 heterocycles. The van der Waals surface area contributed by atoms with Crippen LogP contribution in [-0.4, -0.2) is 36.1 Å². The van der Waals surface area contributed by atoms with Crippen molar-refractivity contribution in [3.05, 3.63) is 113 Å². The van der Waals surface area contributed by atoms with E-state index in [1.54, 1.807) is 42.5 Å². The highest BCUT2D eigenvalue weighted by molar-refractivity contribution is 6.31. The van der Waals surface area contributed by atoms with E-state index in [0.717, 1.165) is 23.3 Å². The van der Waals surface area contributed by atoms with Crippen molar-refractivity contribution in [1.82, 2.24) is 5.32 Å². The number of benzene rings is 4. The maximum atomic E-state index is 13.2. The number of hydrogen-bond donors (Lipinski definition) is 2. The molecule has 1 atom stereocenters. The number of rotatable bonds is 11. The van der Waals surface area contributed by atoms with E-state index in [9.17, 15) is 27.9 Å². The summed E-state index contributed by atoms with van der Waals surface area (Å²) in [6.07, 6.45) is -4.37. The van der Waals surface area contributed by atoms with E-state index in [4.69, 9.17) is 16.3 Å². The minimum Gasteiger partial charge on any atom is -0.480 e. The van der Waals surface area contributed by atoms with E-state index in [1.807, 2.05) is 36.9 Å². The Kier molecular flexibility index (Phi) is 9.98. The number of carboxylic acids is 1. The van der Waals surface area contributed by atoms with Gasteiger partial charge in [0.15, 0.2) is 0 Å². The zero-order chi connectivity index (χ0) is 31.1. The first-order chi connectivity index (χ1) is 20.5. The molecule has 0 radical (unpaired) electrons. The third-order valence-electron chi connectivity index (χ3n) is 6.89. The molecule has 0 aliphatic rings. The quantitative estimate of drug-likeness (QED) is 0.179. The van der Waals surface area contributed by atoms with Crippen LogP contribution >= 0.6 is 11.6 Å². The van der Waals surface area contributed by atoms with Crippen LogP contribution in [0.1, 0.15) is 35.3 Å². The van der Waals surface area contributed by atoms with Gasteiger partial charge in [-0.2, -0.15) is 13.2 Å². The molecule has 0 unspecified atom stereocenters. The van der Waals surface area contributed by atoms with Crippen LogP contribution in [0.25, 0.3) is 11.1 Å². The lowest BCUT2D eigenvalue weighted by atomic mass is 10.00. The fourth-order valence-electron chi connectivity index (χ4n) is 4.62. The molecule has 4 aromatic carbocycles. The lowest BCUT2D eigenvalue weighted by Gasteiger charge is -2.24. The summed E-state index contributed by atoms with van der Waals surface area (Å²) in [6, 6.07) is 22.5. The zero-order valence-electron chi connectivity index (χ0n) is 23.5. The molecule has 1 amide bonds. The Morgan fingerprint density at radius 2 is 1.56 bits per heavy atom. The first-order valence-electron chi connectivity index (χ1n) is 13.6. The summed E-state index contributed by atoms with van der Waals surface area (Å²) < 4.78 is 44.3. The van der Waals surface area contributed by atoms with E-state index in [0.29, 0.717) is 40.7 Å². The van der Waals surface area contributed by atoms with Crippen LogP contribution in [0.15, 0.2) is 91.0 Å². The number of nitrogens with one attached hydrogen (secondary N) is 1. The summed E-state index contributed by atoms with van der Waals surface area (Å²) in [5.41, 5.74) is 2.53. The Balaban J connectivity index is 1.46. The number of carbonyl (C=O) groups is 2. The summed E-state index contributed by atoms with van der Waals surface area (Å²) in [5, 5.41) is 12.9. The third-order valence-corrected chi connectivity index (χ3v) is 7.12. The monoisotopic (exact) mass is 610 g/mol. The SMILES string of the molecule is CCN(CC)c1ccc(Cl)cc1C(=O)N[C@@H](Cc1ccc(-c2cccc(Oc3ccc(C(F)(F)F)cc3)c2)cc1)C(=O)O. The topological polar surface area (TPSA) is 78.9 Å². The smallest absolute Gasteiger partial charge is 0.416 e. The van der Waals surface area contributed by atoms with Gasteiger partial charge in [-0.1, -0.05) is 48.0 Å². The molecule has 0 aromatic heterocycles. The van der Waals surface area contributed by atoms with Crippen molar-refractivity contribution in [2.75, 3.05) is 18.0 Å². The fourth-order valence-corrected chi connectivity index (χ4v) is 4.79. The highest BCUT2D eigenvalue weighted by atomic mass is 35.5. The number of nitrogens with zero attached hydrogens (tertiary/aromatic N) is 1.